The predicted molar refractivity (Wildman–Crippen MR) is 38.0 cm³/mol. The second-order valence-electron chi connectivity index (χ2n) is 2.14. The molecule has 0 amide bonds. The molecule has 11 heavy (non-hydrogen) atoms. The van der Waals surface area contributed by atoms with Gasteiger partial charge in [0.15, 0.2) is 11.5 Å². The Bertz CT molecular complexity index is 270. The van der Waals surface area contributed by atoms with Gasteiger partial charge in [0.2, 0.25) is 6.79 Å². The molecule has 1 aliphatic heterocycles. The summed E-state index contributed by atoms with van der Waals surface area (Å²) < 4.78 is 15.2. The summed E-state index contributed by atoms with van der Waals surface area (Å²) in [6, 6.07) is 6.35. The maximum Gasteiger partial charge on any atom is 0.231 e. The van der Waals surface area contributed by atoms with E-state index in [1.807, 2.05) is 0 Å². The van der Waals surface area contributed by atoms with Gasteiger partial charge in [0.1, 0.15) is 5.75 Å². The highest BCUT2D eigenvalue weighted by molar-refractivity contribution is 5.46. The van der Waals surface area contributed by atoms with Crippen LogP contribution in [0.2, 0.25) is 0 Å². The molecule has 1 radical (unpaired) electrons. The van der Waals surface area contributed by atoms with E-state index in [-0.39, 0.29) is 6.79 Å². The minimum Gasteiger partial charge on any atom is -0.496 e. The Labute approximate surface area is 64.5 Å². The maximum atomic E-state index is 5.12. The summed E-state index contributed by atoms with van der Waals surface area (Å²) in [6.45, 7) is 0.288. The lowest BCUT2D eigenvalue weighted by Crippen LogP contribution is -1.92. The van der Waals surface area contributed by atoms with Crippen LogP contribution < -0.4 is 14.2 Å². The van der Waals surface area contributed by atoms with Gasteiger partial charge >= 0.3 is 0 Å². The van der Waals surface area contributed by atoms with Gasteiger partial charge in [0, 0.05) is 12.1 Å². The van der Waals surface area contributed by atoms with Crippen molar-refractivity contribution in [1.82, 2.24) is 0 Å². The van der Waals surface area contributed by atoms with Gasteiger partial charge in [-0.1, -0.05) is 0 Å². The molecule has 1 heterocycles. The molecule has 57 valence electrons. The molecule has 0 aliphatic carbocycles. The molecule has 1 aliphatic rings. The van der Waals surface area contributed by atoms with Crippen molar-refractivity contribution in [2.75, 3.05) is 13.9 Å². The SMILES string of the molecule is COc1[c]cc2c(c1)OCO2. The highest BCUT2D eigenvalue weighted by Crippen LogP contribution is 2.34. The van der Waals surface area contributed by atoms with E-state index >= 15 is 0 Å². The van der Waals surface area contributed by atoms with E-state index < -0.39 is 0 Å². The van der Waals surface area contributed by atoms with Crippen molar-refractivity contribution in [2.24, 2.45) is 0 Å². The van der Waals surface area contributed by atoms with Crippen LogP contribution in [0.3, 0.4) is 0 Å². The molecule has 3 heteroatoms. The first-order valence-corrected chi connectivity index (χ1v) is 3.25. The van der Waals surface area contributed by atoms with Crippen molar-refractivity contribution < 1.29 is 14.2 Å². The third kappa shape index (κ3) is 0.981. The monoisotopic (exact) mass is 151 g/mol. The van der Waals surface area contributed by atoms with Crippen LogP contribution in [0.15, 0.2) is 12.1 Å². The van der Waals surface area contributed by atoms with Gasteiger partial charge < -0.3 is 14.2 Å². The Hall–Kier alpha value is -1.38. The van der Waals surface area contributed by atoms with Crippen LogP contribution in [-0.2, 0) is 0 Å². The van der Waals surface area contributed by atoms with E-state index in [1.54, 1.807) is 19.2 Å². The minimum atomic E-state index is 0.288. The van der Waals surface area contributed by atoms with Crippen molar-refractivity contribution >= 4 is 0 Å². The topological polar surface area (TPSA) is 27.7 Å². The smallest absolute Gasteiger partial charge is 0.231 e. The summed E-state index contributed by atoms with van der Waals surface area (Å²) in [5.74, 6) is 2.11. The molecule has 0 fully saturated rings. The highest BCUT2D eigenvalue weighted by atomic mass is 16.7. The maximum absolute atomic E-state index is 5.12. The van der Waals surface area contributed by atoms with E-state index in [0.29, 0.717) is 5.75 Å². The number of hydrogen-bond acceptors (Lipinski definition) is 3. The molecule has 0 spiro atoms. The number of fused-ring (bicyclic) bond motifs is 1. The number of ether oxygens (including phenoxy) is 3. The number of rotatable bonds is 1. The van der Waals surface area contributed by atoms with Crippen LogP contribution in [0.1, 0.15) is 0 Å². The van der Waals surface area contributed by atoms with Crippen LogP contribution in [0.5, 0.6) is 17.2 Å². The molecule has 2 rings (SSSR count). The molecule has 0 N–H and O–H groups in total. The molecule has 1 aromatic rings. The average molecular weight is 151 g/mol. The van der Waals surface area contributed by atoms with Crippen molar-refractivity contribution in [3.8, 4) is 17.2 Å². The highest BCUT2D eigenvalue weighted by Gasteiger charge is 2.13. The summed E-state index contributed by atoms with van der Waals surface area (Å²) in [7, 11) is 1.59. The Morgan fingerprint density at radius 1 is 1.45 bits per heavy atom. The van der Waals surface area contributed by atoms with Crippen LogP contribution in [-0.4, -0.2) is 13.9 Å². The average Bonchev–Trinajstić information content (AvgIpc) is 2.50. The molecule has 0 atom stereocenters. The Morgan fingerprint density at radius 2 is 2.27 bits per heavy atom. The lowest BCUT2D eigenvalue weighted by molar-refractivity contribution is 0.174. The van der Waals surface area contributed by atoms with Gasteiger partial charge in [0.05, 0.1) is 7.11 Å². The molecular formula is C8H7O3. The van der Waals surface area contributed by atoms with Gasteiger partial charge in [-0.15, -0.1) is 0 Å². The molecule has 0 aromatic heterocycles. The van der Waals surface area contributed by atoms with Crippen LogP contribution in [0.4, 0.5) is 0 Å². The second-order valence-corrected chi connectivity index (χ2v) is 2.14. The van der Waals surface area contributed by atoms with E-state index in [0.717, 1.165) is 11.5 Å². The van der Waals surface area contributed by atoms with E-state index in [4.69, 9.17) is 14.2 Å². The van der Waals surface area contributed by atoms with E-state index in [2.05, 4.69) is 6.07 Å². The molecule has 0 unspecified atom stereocenters. The number of methoxy groups -OCH3 is 1. The third-order valence-electron chi connectivity index (χ3n) is 1.50. The summed E-state index contributed by atoms with van der Waals surface area (Å²) in [5.41, 5.74) is 0. The Kier molecular flexibility index (Phi) is 1.35. The second kappa shape index (κ2) is 2.34. The van der Waals surface area contributed by atoms with Crippen molar-refractivity contribution in [2.45, 2.75) is 0 Å². The first kappa shape index (κ1) is 6.34. The normalized spacial score (nSPS) is 13.2. The Morgan fingerprint density at radius 3 is 3.09 bits per heavy atom. The quantitative estimate of drug-likeness (QED) is 0.604. The molecule has 0 saturated carbocycles. The van der Waals surface area contributed by atoms with E-state index in [1.165, 1.54) is 0 Å². The number of benzene rings is 1. The zero-order chi connectivity index (χ0) is 7.68. The molecule has 1 aromatic carbocycles. The van der Waals surface area contributed by atoms with Gasteiger partial charge in [-0.25, -0.2) is 0 Å². The largest absolute Gasteiger partial charge is 0.496 e. The van der Waals surface area contributed by atoms with Crippen LogP contribution in [0.25, 0.3) is 0 Å². The third-order valence-corrected chi connectivity index (χ3v) is 1.50. The van der Waals surface area contributed by atoms with E-state index in [9.17, 15) is 0 Å². The fourth-order valence-corrected chi connectivity index (χ4v) is 0.940. The van der Waals surface area contributed by atoms with Gasteiger partial charge in [-0.3, -0.25) is 0 Å². The minimum absolute atomic E-state index is 0.288. The first-order chi connectivity index (χ1) is 5.40. The molecule has 3 nitrogen and oxygen atoms in total. The van der Waals surface area contributed by atoms with Gasteiger partial charge in [-0.05, 0) is 6.07 Å². The Balaban J connectivity index is 2.41. The van der Waals surface area contributed by atoms with Crippen molar-refractivity contribution in [3.05, 3.63) is 18.2 Å². The van der Waals surface area contributed by atoms with Gasteiger partial charge in [0.25, 0.3) is 0 Å². The predicted octanol–water partition coefficient (Wildman–Crippen LogP) is 1.22. The summed E-state index contributed by atoms with van der Waals surface area (Å²) in [6.07, 6.45) is 0. The van der Waals surface area contributed by atoms with Crippen LogP contribution in [0, 0.1) is 6.07 Å². The lowest BCUT2D eigenvalue weighted by atomic mass is 10.3. The first-order valence-electron chi connectivity index (χ1n) is 3.25. The van der Waals surface area contributed by atoms with Crippen molar-refractivity contribution in [1.29, 1.82) is 0 Å². The standard InChI is InChI=1S/C8H7O3/c1-9-6-2-3-7-8(4-6)11-5-10-7/h3-4H,5H2,1H3. The molecule has 0 saturated heterocycles. The molecule has 0 bridgehead atoms. The molecular weight excluding hydrogens is 144 g/mol. The van der Waals surface area contributed by atoms with Crippen LogP contribution >= 0.6 is 0 Å². The summed E-state index contributed by atoms with van der Waals surface area (Å²) >= 11 is 0. The summed E-state index contributed by atoms with van der Waals surface area (Å²) in [4.78, 5) is 0. The summed E-state index contributed by atoms with van der Waals surface area (Å²) in [5, 5.41) is 0. The lowest BCUT2D eigenvalue weighted by Gasteiger charge is -1.98. The fraction of sp³-hybridized carbons (Fsp3) is 0.250. The zero-order valence-electron chi connectivity index (χ0n) is 6.09. The van der Waals surface area contributed by atoms with Crippen molar-refractivity contribution in [3.63, 3.8) is 0 Å². The zero-order valence-corrected chi connectivity index (χ0v) is 6.09. The van der Waals surface area contributed by atoms with Gasteiger partial charge in [-0.2, -0.15) is 0 Å². The number of hydrogen-bond donors (Lipinski definition) is 0. The fourth-order valence-electron chi connectivity index (χ4n) is 0.940.